The Morgan fingerprint density at radius 3 is 2.12 bits per heavy atom. The summed E-state index contributed by atoms with van der Waals surface area (Å²) in [4.78, 5) is 36.3. The molecule has 0 aromatic heterocycles. The largest absolute Gasteiger partial charge is 0.423 e. The monoisotopic (exact) mass is 454 g/mol. The van der Waals surface area contributed by atoms with Crippen LogP contribution >= 0.6 is 0 Å². The maximum atomic E-state index is 12.2. The molecule has 0 fully saturated rings. The van der Waals surface area contributed by atoms with Gasteiger partial charge in [0.05, 0.1) is 23.8 Å². The number of hydrogen-bond donors (Lipinski definition) is 2. The van der Waals surface area contributed by atoms with Gasteiger partial charge in [-0.05, 0) is 73.5 Å². The van der Waals surface area contributed by atoms with Crippen LogP contribution in [0.5, 0.6) is 5.75 Å². The summed E-state index contributed by atoms with van der Waals surface area (Å²) in [5.41, 5.74) is 6.07. The molecule has 170 valence electrons. The van der Waals surface area contributed by atoms with Crippen molar-refractivity contribution in [1.29, 1.82) is 5.26 Å². The van der Waals surface area contributed by atoms with E-state index < -0.39 is 17.8 Å². The number of carbonyl (C=O) groups excluding carboxylic acids is 3. The molecule has 0 radical (unpaired) electrons. The minimum Gasteiger partial charge on any atom is -0.423 e. The summed E-state index contributed by atoms with van der Waals surface area (Å²) >= 11 is 0. The maximum Gasteiger partial charge on any atom is 0.343 e. The van der Waals surface area contributed by atoms with E-state index in [-0.39, 0.29) is 6.42 Å². The molecule has 0 unspecified atom stereocenters. The van der Waals surface area contributed by atoms with Crippen LogP contribution in [0.2, 0.25) is 0 Å². The van der Waals surface area contributed by atoms with E-state index in [1.807, 2.05) is 25.1 Å². The molecule has 3 rings (SSSR count). The Morgan fingerprint density at radius 1 is 0.882 bits per heavy atom. The molecule has 8 nitrogen and oxygen atoms in total. The van der Waals surface area contributed by atoms with E-state index in [0.29, 0.717) is 28.3 Å². The highest BCUT2D eigenvalue weighted by molar-refractivity contribution is 6.39. The highest BCUT2D eigenvalue weighted by Gasteiger charge is 2.14. The summed E-state index contributed by atoms with van der Waals surface area (Å²) in [7, 11) is 0. The van der Waals surface area contributed by atoms with Crippen molar-refractivity contribution in [1.82, 2.24) is 5.43 Å². The number of nitriles is 1. The highest BCUT2D eigenvalue weighted by atomic mass is 16.5. The van der Waals surface area contributed by atoms with E-state index in [1.54, 1.807) is 67.6 Å². The van der Waals surface area contributed by atoms with E-state index in [2.05, 4.69) is 15.8 Å². The number of nitrogens with one attached hydrogen (secondary N) is 2. The number of aryl methyl sites for hydroxylation is 1. The zero-order valence-electron chi connectivity index (χ0n) is 18.7. The minimum atomic E-state index is -0.927. The Labute approximate surface area is 196 Å². The smallest absolute Gasteiger partial charge is 0.343 e. The van der Waals surface area contributed by atoms with Gasteiger partial charge in [0.15, 0.2) is 0 Å². The molecular formula is C26H22N4O4. The second-order valence-corrected chi connectivity index (χ2v) is 7.40. The van der Waals surface area contributed by atoms with E-state index in [0.717, 1.165) is 11.1 Å². The number of hydrogen-bond acceptors (Lipinski definition) is 6. The highest BCUT2D eigenvalue weighted by Crippen LogP contribution is 2.15. The van der Waals surface area contributed by atoms with Gasteiger partial charge < -0.3 is 10.1 Å². The molecule has 0 aliphatic carbocycles. The zero-order chi connectivity index (χ0) is 24.5. The molecule has 3 aromatic rings. The Kier molecular flexibility index (Phi) is 7.87. The van der Waals surface area contributed by atoms with Crippen LogP contribution in [-0.2, 0) is 16.0 Å². The average Bonchev–Trinajstić information content (AvgIpc) is 2.84. The number of amides is 2. The molecular weight excluding hydrogens is 432 g/mol. The van der Waals surface area contributed by atoms with Gasteiger partial charge in [-0.25, -0.2) is 10.2 Å². The van der Waals surface area contributed by atoms with Crippen molar-refractivity contribution in [2.75, 3.05) is 5.32 Å². The van der Waals surface area contributed by atoms with Crippen molar-refractivity contribution in [3.8, 4) is 11.8 Å². The molecule has 0 atom stereocenters. The molecule has 3 aromatic carbocycles. The topological polar surface area (TPSA) is 121 Å². The summed E-state index contributed by atoms with van der Waals surface area (Å²) in [6.07, 6.45) is 0.263. The van der Waals surface area contributed by atoms with Crippen LogP contribution < -0.4 is 15.5 Å². The molecule has 0 aliphatic rings. The van der Waals surface area contributed by atoms with Crippen LogP contribution in [0.25, 0.3) is 0 Å². The third-order valence-electron chi connectivity index (χ3n) is 4.80. The van der Waals surface area contributed by atoms with Crippen molar-refractivity contribution >= 4 is 29.2 Å². The molecule has 0 bridgehead atoms. The number of hydrazone groups is 1. The second kappa shape index (κ2) is 11.2. The molecule has 0 saturated carbocycles. The van der Waals surface area contributed by atoms with Gasteiger partial charge in [0.2, 0.25) is 0 Å². The first-order chi connectivity index (χ1) is 16.4. The molecule has 8 heteroatoms. The van der Waals surface area contributed by atoms with Gasteiger partial charge in [0, 0.05) is 5.69 Å². The lowest BCUT2D eigenvalue weighted by Crippen LogP contribution is -2.32. The Morgan fingerprint density at radius 2 is 1.50 bits per heavy atom. The molecule has 34 heavy (non-hydrogen) atoms. The predicted molar refractivity (Wildman–Crippen MR) is 127 cm³/mol. The third-order valence-corrected chi connectivity index (χ3v) is 4.80. The number of ether oxygens (including phenoxy) is 1. The first kappa shape index (κ1) is 23.9. The van der Waals surface area contributed by atoms with E-state index in [1.165, 1.54) is 0 Å². The number of rotatable bonds is 6. The van der Waals surface area contributed by atoms with Gasteiger partial charge in [0.1, 0.15) is 5.75 Å². The Hall–Kier alpha value is -4.77. The summed E-state index contributed by atoms with van der Waals surface area (Å²) in [6, 6.07) is 22.3. The number of esters is 1. The normalized spacial score (nSPS) is 10.7. The molecule has 0 saturated heterocycles. The fourth-order valence-corrected chi connectivity index (χ4v) is 2.85. The average molecular weight is 454 g/mol. The number of anilines is 1. The molecule has 2 N–H and O–H groups in total. The first-order valence-corrected chi connectivity index (χ1v) is 10.4. The van der Waals surface area contributed by atoms with Gasteiger partial charge in [0.25, 0.3) is 0 Å². The van der Waals surface area contributed by atoms with Crippen molar-refractivity contribution < 1.29 is 19.1 Å². The Bertz CT molecular complexity index is 1260. The van der Waals surface area contributed by atoms with Gasteiger partial charge >= 0.3 is 17.8 Å². The van der Waals surface area contributed by atoms with Crippen LogP contribution in [-0.4, -0.2) is 23.5 Å². The summed E-state index contributed by atoms with van der Waals surface area (Å²) in [5.74, 6) is -1.89. The van der Waals surface area contributed by atoms with Crippen LogP contribution in [0.3, 0.4) is 0 Å². The molecule has 0 heterocycles. The third kappa shape index (κ3) is 6.61. The minimum absolute atomic E-state index is 0.263. The fraction of sp³-hybridized carbons (Fsp3) is 0.115. The SMILES string of the molecule is CC(=NNC(=O)C(=O)Nc1ccc(CC#N)cc1)c1ccc(OC(=O)c2ccc(C)cc2)cc1. The van der Waals surface area contributed by atoms with Gasteiger partial charge in [-0.2, -0.15) is 10.4 Å². The van der Waals surface area contributed by atoms with E-state index >= 15 is 0 Å². The summed E-state index contributed by atoms with van der Waals surface area (Å²) < 4.78 is 5.36. The number of benzene rings is 3. The lowest BCUT2D eigenvalue weighted by Gasteiger charge is -2.07. The van der Waals surface area contributed by atoms with Crippen molar-refractivity contribution in [2.45, 2.75) is 20.3 Å². The number of nitrogens with zero attached hydrogens (tertiary/aromatic N) is 2. The fourth-order valence-electron chi connectivity index (χ4n) is 2.85. The van der Waals surface area contributed by atoms with Gasteiger partial charge in [-0.1, -0.05) is 29.8 Å². The Balaban J connectivity index is 1.54. The molecule has 2 amide bonds. The zero-order valence-corrected chi connectivity index (χ0v) is 18.7. The molecule has 0 aliphatic heterocycles. The van der Waals surface area contributed by atoms with Crippen molar-refractivity contribution in [3.63, 3.8) is 0 Å². The van der Waals surface area contributed by atoms with E-state index in [4.69, 9.17) is 10.00 Å². The first-order valence-electron chi connectivity index (χ1n) is 10.4. The number of carbonyl (C=O) groups is 3. The second-order valence-electron chi connectivity index (χ2n) is 7.40. The maximum absolute atomic E-state index is 12.2. The van der Waals surface area contributed by atoms with Crippen LogP contribution in [0.1, 0.15) is 34.0 Å². The van der Waals surface area contributed by atoms with Crippen LogP contribution in [0, 0.1) is 18.3 Å². The lowest BCUT2D eigenvalue weighted by molar-refractivity contribution is -0.136. The van der Waals surface area contributed by atoms with Crippen molar-refractivity contribution in [2.24, 2.45) is 5.10 Å². The van der Waals surface area contributed by atoms with Crippen LogP contribution in [0.4, 0.5) is 5.69 Å². The van der Waals surface area contributed by atoms with Crippen molar-refractivity contribution in [3.05, 3.63) is 95.1 Å². The lowest BCUT2D eigenvalue weighted by atomic mass is 10.1. The van der Waals surface area contributed by atoms with Gasteiger partial charge in [-0.15, -0.1) is 0 Å². The predicted octanol–water partition coefficient (Wildman–Crippen LogP) is 3.76. The standard InChI is InChI=1S/C26H22N4O4/c1-17-3-7-21(8-4-17)26(33)34-23-13-9-20(10-14-23)18(2)29-30-25(32)24(31)28-22-11-5-19(6-12-22)15-16-27/h3-14H,15H2,1-2H3,(H,28,31)(H,30,32). The summed E-state index contributed by atoms with van der Waals surface area (Å²) in [5, 5.41) is 15.1. The van der Waals surface area contributed by atoms with Gasteiger partial charge in [-0.3, -0.25) is 9.59 Å². The van der Waals surface area contributed by atoms with E-state index in [9.17, 15) is 14.4 Å². The quantitative estimate of drug-likeness (QED) is 0.193. The molecule has 0 spiro atoms. The van der Waals surface area contributed by atoms with Crippen LogP contribution in [0.15, 0.2) is 77.9 Å². The summed E-state index contributed by atoms with van der Waals surface area (Å²) in [6.45, 7) is 3.60.